The monoisotopic (exact) mass is 332 g/mol. The van der Waals surface area contributed by atoms with Crippen molar-refractivity contribution in [3.8, 4) is 0 Å². The van der Waals surface area contributed by atoms with Crippen LogP contribution in [-0.2, 0) is 4.74 Å². The van der Waals surface area contributed by atoms with Gasteiger partial charge < -0.3 is 15.0 Å². The van der Waals surface area contributed by atoms with Crippen molar-refractivity contribution in [3.63, 3.8) is 0 Å². The molecule has 1 aromatic heterocycles. The molecule has 1 N–H and O–H groups in total. The van der Waals surface area contributed by atoms with Crippen molar-refractivity contribution >= 4 is 11.7 Å². The molecular weight excluding hydrogens is 304 g/mol. The van der Waals surface area contributed by atoms with E-state index in [0.29, 0.717) is 12.2 Å². The van der Waals surface area contributed by atoms with Gasteiger partial charge in [0.15, 0.2) is 0 Å². The second kappa shape index (κ2) is 8.99. The summed E-state index contributed by atoms with van der Waals surface area (Å²) in [7, 11) is 0. The van der Waals surface area contributed by atoms with Crippen molar-refractivity contribution in [1.29, 1.82) is 0 Å². The van der Waals surface area contributed by atoms with Gasteiger partial charge in [-0.15, -0.1) is 0 Å². The molecule has 0 bridgehead atoms. The Kier molecular flexibility index (Phi) is 6.43. The molecule has 132 valence electrons. The Bertz CT molecular complexity index is 524. The maximum absolute atomic E-state index is 12.4. The van der Waals surface area contributed by atoms with E-state index in [1.165, 1.54) is 25.7 Å². The number of nitrogens with zero attached hydrogens (tertiary/aromatic N) is 3. The fourth-order valence-electron chi connectivity index (χ4n) is 3.27. The number of pyridine rings is 1. The number of morpholine rings is 1. The second-order valence-electron chi connectivity index (χ2n) is 6.49. The average molecular weight is 332 g/mol. The van der Waals surface area contributed by atoms with Crippen LogP contribution in [0.25, 0.3) is 0 Å². The zero-order chi connectivity index (χ0) is 16.6. The van der Waals surface area contributed by atoms with Crippen LogP contribution in [0, 0.1) is 0 Å². The Morgan fingerprint density at radius 2 is 1.83 bits per heavy atom. The normalized spacial score (nSPS) is 19.8. The molecule has 1 aromatic rings. The van der Waals surface area contributed by atoms with Crippen molar-refractivity contribution < 1.29 is 9.53 Å². The average Bonchev–Trinajstić information content (AvgIpc) is 2.92. The van der Waals surface area contributed by atoms with Gasteiger partial charge in [-0.25, -0.2) is 4.98 Å². The lowest BCUT2D eigenvalue weighted by Gasteiger charge is -2.26. The Morgan fingerprint density at radius 1 is 1.08 bits per heavy atom. The lowest BCUT2D eigenvalue weighted by atomic mass is 10.2. The van der Waals surface area contributed by atoms with Crippen molar-refractivity contribution in [2.24, 2.45) is 0 Å². The van der Waals surface area contributed by atoms with E-state index >= 15 is 0 Å². The van der Waals surface area contributed by atoms with Gasteiger partial charge >= 0.3 is 0 Å². The predicted molar refractivity (Wildman–Crippen MR) is 94.5 cm³/mol. The van der Waals surface area contributed by atoms with Gasteiger partial charge in [-0.05, 0) is 25.0 Å². The molecule has 2 saturated heterocycles. The van der Waals surface area contributed by atoms with Crippen LogP contribution in [0.5, 0.6) is 0 Å². The van der Waals surface area contributed by atoms with Crippen LogP contribution in [0.1, 0.15) is 36.2 Å². The van der Waals surface area contributed by atoms with E-state index in [9.17, 15) is 4.79 Å². The molecule has 0 saturated carbocycles. The second-order valence-corrected chi connectivity index (χ2v) is 6.49. The topological polar surface area (TPSA) is 57.7 Å². The number of nitrogens with one attached hydrogen (secondary N) is 1. The summed E-state index contributed by atoms with van der Waals surface area (Å²) in [6, 6.07) is 5.74. The summed E-state index contributed by atoms with van der Waals surface area (Å²) in [5.41, 5.74) is 0.513. The first-order valence-corrected chi connectivity index (χ1v) is 9.13. The third-order valence-corrected chi connectivity index (χ3v) is 4.71. The van der Waals surface area contributed by atoms with Crippen molar-refractivity contribution in [3.05, 3.63) is 23.9 Å². The van der Waals surface area contributed by atoms with E-state index < -0.39 is 0 Å². The van der Waals surface area contributed by atoms with E-state index in [4.69, 9.17) is 4.74 Å². The molecule has 0 radical (unpaired) electrons. The van der Waals surface area contributed by atoms with Crippen molar-refractivity contribution in [2.45, 2.75) is 25.7 Å². The molecule has 2 aliphatic rings. The molecule has 3 rings (SSSR count). The number of hydrogen-bond donors (Lipinski definition) is 1. The number of amides is 1. The molecule has 1 amide bonds. The number of ether oxygens (including phenoxy) is 1. The van der Waals surface area contributed by atoms with Gasteiger partial charge in [0.25, 0.3) is 5.91 Å². The minimum atomic E-state index is -0.0834. The Hall–Kier alpha value is -1.66. The summed E-state index contributed by atoms with van der Waals surface area (Å²) in [6.07, 6.45) is 4.99. The van der Waals surface area contributed by atoms with Gasteiger partial charge in [0.05, 0.1) is 13.2 Å². The molecule has 2 aliphatic heterocycles. The van der Waals surface area contributed by atoms with Gasteiger partial charge in [0, 0.05) is 39.3 Å². The fraction of sp³-hybridized carbons (Fsp3) is 0.667. The van der Waals surface area contributed by atoms with Crippen LogP contribution in [-0.4, -0.2) is 68.3 Å². The van der Waals surface area contributed by atoms with Crippen molar-refractivity contribution in [1.82, 2.24) is 15.2 Å². The van der Waals surface area contributed by atoms with E-state index in [-0.39, 0.29) is 5.91 Å². The summed E-state index contributed by atoms with van der Waals surface area (Å²) in [4.78, 5) is 21.6. The third kappa shape index (κ3) is 4.92. The molecule has 0 unspecified atom stereocenters. The number of hydrogen-bond acceptors (Lipinski definition) is 5. The van der Waals surface area contributed by atoms with Crippen LogP contribution < -0.4 is 10.2 Å². The highest BCUT2D eigenvalue weighted by Crippen LogP contribution is 2.17. The molecular formula is C18H28N4O2. The van der Waals surface area contributed by atoms with Crippen LogP contribution in [0.4, 0.5) is 5.82 Å². The molecule has 6 heteroatoms. The highest BCUT2D eigenvalue weighted by molar-refractivity contribution is 5.92. The molecule has 0 spiro atoms. The van der Waals surface area contributed by atoms with Gasteiger partial charge in [-0.2, -0.15) is 0 Å². The van der Waals surface area contributed by atoms with Crippen LogP contribution in [0.2, 0.25) is 0 Å². The molecule has 0 aromatic carbocycles. The summed E-state index contributed by atoms with van der Waals surface area (Å²) in [5, 5.41) is 2.99. The van der Waals surface area contributed by atoms with E-state index in [2.05, 4.69) is 20.1 Å². The van der Waals surface area contributed by atoms with Crippen LogP contribution >= 0.6 is 0 Å². The summed E-state index contributed by atoms with van der Waals surface area (Å²) in [6.45, 7) is 7.04. The summed E-state index contributed by atoms with van der Waals surface area (Å²) < 4.78 is 5.33. The largest absolute Gasteiger partial charge is 0.379 e. The Morgan fingerprint density at radius 3 is 2.58 bits per heavy atom. The van der Waals surface area contributed by atoms with Gasteiger partial charge in [0.2, 0.25) is 0 Å². The third-order valence-electron chi connectivity index (χ3n) is 4.71. The van der Waals surface area contributed by atoms with E-state index in [0.717, 1.165) is 51.8 Å². The molecule has 24 heavy (non-hydrogen) atoms. The first kappa shape index (κ1) is 17.2. The first-order valence-electron chi connectivity index (χ1n) is 9.13. The van der Waals surface area contributed by atoms with Gasteiger partial charge in [0.1, 0.15) is 11.5 Å². The summed E-state index contributed by atoms with van der Waals surface area (Å²) >= 11 is 0. The summed E-state index contributed by atoms with van der Waals surface area (Å²) in [5.74, 6) is 0.845. The number of aromatic nitrogens is 1. The Balaban J connectivity index is 1.51. The fourth-order valence-corrected chi connectivity index (χ4v) is 3.27. The van der Waals surface area contributed by atoms with Crippen molar-refractivity contribution in [2.75, 3.05) is 57.4 Å². The smallest absolute Gasteiger partial charge is 0.270 e. The number of carbonyl (C=O) groups is 1. The highest BCUT2D eigenvalue weighted by atomic mass is 16.5. The number of carbonyl (C=O) groups excluding carboxylic acids is 1. The maximum Gasteiger partial charge on any atom is 0.270 e. The minimum absolute atomic E-state index is 0.0834. The zero-order valence-electron chi connectivity index (χ0n) is 14.4. The minimum Gasteiger partial charge on any atom is -0.379 e. The zero-order valence-corrected chi connectivity index (χ0v) is 14.4. The SMILES string of the molecule is O=C(NCCN1CCOCC1)c1cccc(N2CCCCCC2)n1. The lowest BCUT2D eigenvalue weighted by Crippen LogP contribution is -2.41. The molecule has 2 fully saturated rings. The predicted octanol–water partition coefficient (Wildman–Crippen LogP) is 1.52. The Labute approximate surface area is 144 Å². The lowest BCUT2D eigenvalue weighted by molar-refractivity contribution is 0.0383. The molecule has 0 aliphatic carbocycles. The van der Waals surface area contributed by atoms with E-state index in [1.54, 1.807) is 6.07 Å². The van der Waals surface area contributed by atoms with E-state index in [1.807, 2.05) is 12.1 Å². The standard InChI is InChI=1S/C18H28N4O2/c23-18(19-8-11-21-12-14-24-15-13-21)16-6-5-7-17(20-16)22-9-3-1-2-4-10-22/h5-7H,1-4,8-15H2,(H,19,23). The number of rotatable bonds is 5. The highest BCUT2D eigenvalue weighted by Gasteiger charge is 2.14. The molecule has 0 atom stereocenters. The maximum atomic E-state index is 12.4. The molecule has 3 heterocycles. The first-order chi connectivity index (χ1) is 11.8. The number of anilines is 1. The van der Waals surface area contributed by atoms with Crippen LogP contribution in [0.15, 0.2) is 18.2 Å². The molecule has 6 nitrogen and oxygen atoms in total. The van der Waals surface area contributed by atoms with Gasteiger partial charge in [-0.3, -0.25) is 9.69 Å². The quantitative estimate of drug-likeness (QED) is 0.886. The van der Waals surface area contributed by atoms with Gasteiger partial charge in [-0.1, -0.05) is 18.9 Å². The van der Waals surface area contributed by atoms with Crippen LogP contribution in [0.3, 0.4) is 0 Å².